The van der Waals surface area contributed by atoms with Crippen LogP contribution in [0.5, 0.6) is 0 Å². The van der Waals surface area contributed by atoms with Crippen LogP contribution in [0.1, 0.15) is 32.1 Å². The minimum absolute atomic E-state index is 0.238. The van der Waals surface area contributed by atoms with E-state index in [-0.39, 0.29) is 5.73 Å². The van der Waals surface area contributed by atoms with E-state index in [1.807, 2.05) is 0 Å². The van der Waals surface area contributed by atoms with Crippen molar-refractivity contribution in [2.24, 2.45) is 5.92 Å². The van der Waals surface area contributed by atoms with Crippen LogP contribution in [-0.2, 0) is 21.2 Å². The molecule has 2 saturated heterocycles. The summed E-state index contributed by atoms with van der Waals surface area (Å²) in [5.74, 6) is 0.730. The average Bonchev–Trinajstić information content (AvgIpc) is 3.15. The van der Waals surface area contributed by atoms with Gasteiger partial charge in [-0.1, -0.05) is 19.3 Å². The molecule has 9 heteroatoms. The zero-order valence-electron chi connectivity index (χ0n) is 13.6. The molecule has 0 bridgehead atoms. The molecule has 122 valence electrons. The second-order valence-corrected chi connectivity index (χ2v) is 18.8. The highest BCUT2D eigenvalue weighted by Crippen LogP contribution is 2.40. The molecule has 0 radical (unpaired) electrons. The summed E-state index contributed by atoms with van der Waals surface area (Å²) < 4.78 is 30.6. The summed E-state index contributed by atoms with van der Waals surface area (Å²) in [6.45, 7) is 8.39. The number of hydrogen-bond acceptors (Lipinski definition) is 5. The molecule has 5 nitrogen and oxygen atoms in total. The Labute approximate surface area is 134 Å². The Morgan fingerprint density at radius 2 is 1.71 bits per heavy atom. The summed E-state index contributed by atoms with van der Waals surface area (Å²) in [6.07, 6.45) is 7.11. The first-order valence-corrected chi connectivity index (χ1v) is 16.6. The third kappa shape index (κ3) is 4.35. The predicted octanol–water partition coefficient (Wildman–Crippen LogP) is 1.58. The second-order valence-electron chi connectivity index (χ2n) is 7.28. The van der Waals surface area contributed by atoms with E-state index in [2.05, 4.69) is 26.2 Å². The van der Waals surface area contributed by atoms with Crippen LogP contribution >= 0.6 is 0 Å². The molecule has 0 N–H and O–H groups in total. The largest absolute Gasteiger partial charge is 0.421 e. The molecule has 3 atom stereocenters. The van der Waals surface area contributed by atoms with Crippen molar-refractivity contribution in [3.63, 3.8) is 0 Å². The van der Waals surface area contributed by atoms with Crippen LogP contribution in [0.25, 0.3) is 0 Å². The number of ether oxygens (including phenoxy) is 1. The van der Waals surface area contributed by atoms with E-state index in [0.717, 1.165) is 5.92 Å². The van der Waals surface area contributed by atoms with Crippen LogP contribution in [0.15, 0.2) is 0 Å². The normalized spacial score (nSPS) is 41.4. The maximum atomic E-state index is 6.36. The fourth-order valence-electron chi connectivity index (χ4n) is 3.56. The van der Waals surface area contributed by atoms with Crippen LogP contribution < -0.4 is 0 Å². The predicted molar refractivity (Wildman–Crippen MR) is 90.2 cm³/mol. The Morgan fingerprint density at radius 3 is 2.43 bits per heavy atom. The molecule has 3 unspecified atom stereocenters. The molecule has 2 aliphatic heterocycles. The number of rotatable bonds is 2. The van der Waals surface area contributed by atoms with E-state index in [9.17, 15) is 0 Å². The SMILES string of the molecule is C[Si]1(C)O[SiH2]O[SiH](C2OC2C2CCCCC2)O[Si](C)(C)O1. The van der Waals surface area contributed by atoms with E-state index < -0.39 is 36.4 Å². The molecule has 0 aromatic heterocycles. The van der Waals surface area contributed by atoms with Gasteiger partial charge in [0, 0.05) is 0 Å². The Bertz CT molecular complexity index is 375. The molecule has 21 heavy (non-hydrogen) atoms. The Morgan fingerprint density at radius 1 is 1.00 bits per heavy atom. The van der Waals surface area contributed by atoms with Crippen molar-refractivity contribution < 1.29 is 21.2 Å². The number of epoxide rings is 1. The highest BCUT2D eigenvalue weighted by atomic mass is 28.5. The molecule has 3 rings (SSSR count). The standard InChI is InChI=1S/C12H28O5Si4/c1-20(2)15-18-14-19(16-21(3,4)17-20)12-11(13-12)10-8-6-5-7-9-10/h10-12,19H,5-9,18H2,1-4H3. The van der Waals surface area contributed by atoms with Crippen molar-refractivity contribution in [2.75, 3.05) is 0 Å². The highest BCUT2D eigenvalue weighted by molar-refractivity contribution is 6.84. The van der Waals surface area contributed by atoms with E-state index >= 15 is 0 Å². The van der Waals surface area contributed by atoms with Crippen molar-refractivity contribution in [2.45, 2.75) is 70.1 Å². The summed E-state index contributed by atoms with van der Waals surface area (Å²) in [4.78, 5) is 0. The van der Waals surface area contributed by atoms with Gasteiger partial charge in [-0.05, 0) is 44.9 Å². The average molecular weight is 365 g/mol. The van der Waals surface area contributed by atoms with Gasteiger partial charge in [-0.3, -0.25) is 0 Å². The molecule has 0 amide bonds. The fraction of sp³-hybridized carbons (Fsp3) is 1.00. The third-order valence-corrected chi connectivity index (χ3v) is 17.8. The highest BCUT2D eigenvalue weighted by Gasteiger charge is 2.55. The Hall–Kier alpha value is 0.668. The Balaban J connectivity index is 1.58. The van der Waals surface area contributed by atoms with Gasteiger partial charge in [0.05, 0.1) is 6.10 Å². The molecular weight excluding hydrogens is 336 g/mol. The summed E-state index contributed by atoms with van der Waals surface area (Å²) >= 11 is 0. The van der Waals surface area contributed by atoms with Gasteiger partial charge in [-0.2, -0.15) is 0 Å². The zero-order valence-corrected chi connectivity index (χ0v) is 18.2. The van der Waals surface area contributed by atoms with Gasteiger partial charge < -0.3 is 21.2 Å². The first-order chi connectivity index (χ1) is 9.86. The molecule has 1 aliphatic carbocycles. The van der Waals surface area contributed by atoms with Crippen LogP contribution in [0.3, 0.4) is 0 Å². The van der Waals surface area contributed by atoms with E-state index in [4.69, 9.17) is 21.2 Å². The van der Waals surface area contributed by atoms with Gasteiger partial charge in [-0.25, -0.2) is 0 Å². The molecule has 0 aromatic rings. The molecule has 1 saturated carbocycles. The quantitative estimate of drug-likeness (QED) is 0.550. The van der Waals surface area contributed by atoms with Gasteiger partial charge in [0.15, 0.2) is 0 Å². The minimum Gasteiger partial charge on any atom is -0.421 e. The lowest BCUT2D eigenvalue weighted by Gasteiger charge is -2.38. The van der Waals surface area contributed by atoms with Gasteiger partial charge in [-0.15, -0.1) is 0 Å². The smallest absolute Gasteiger partial charge is 0.336 e. The van der Waals surface area contributed by atoms with E-state index in [1.54, 1.807) is 0 Å². The van der Waals surface area contributed by atoms with Crippen molar-refractivity contribution in [1.29, 1.82) is 0 Å². The van der Waals surface area contributed by atoms with Gasteiger partial charge in [0.25, 0.3) is 10.0 Å². The zero-order chi connectivity index (χ0) is 15.1. The lowest BCUT2D eigenvalue weighted by atomic mass is 9.87. The van der Waals surface area contributed by atoms with Gasteiger partial charge in [0.2, 0.25) is 0 Å². The van der Waals surface area contributed by atoms with Gasteiger partial charge >= 0.3 is 26.4 Å². The summed E-state index contributed by atoms with van der Waals surface area (Å²) in [5.41, 5.74) is 0.238. The number of hydrogen-bond donors (Lipinski definition) is 0. The molecule has 2 heterocycles. The first kappa shape index (κ1) is 16.5. The van der Waals surface area contributed by atoms with Crippen molar-refractivity contribution in [3.05, 3.63) is 0 Å². The molecule has 3 fully saturated rings. The summed E-state index contributed by atoms with van der Waals surface area (Å²) in [7, 11) is -6.99. The van der Waals surface area contributed by atoms with Crippen LogP contribution in [-0.4, -0.2) is 48.2 Å². The maximum absolute atomic E-state index is 6.36. The van der Waals surface area contributed by atoms with Crippen LogP contribution in [0.2, 0.25) is 26.2 Å². The minimum atomic E-state index is -2.16. The fourth-order valence-corrected chi connectivity index (χ4v) is 17.6. The lowest BCUT2D eigenvalue weighted by molar-refractivity contribution is 0.252. The summed E-state index contributed by atoms with van der Waals surface area (Å²) in [5, 5.41) is 0. The molecular formula is C12H28O5Si4. The topological polar surface area (TPSA) is 49.5 Å². The van der Waals surface area contributed by atoms with E-state index in [1.165, 1.54) is 32.1 Å². The first-order valence-electron chi connectivity index (χ1n) is 8.15. The monoisotopic (exact) mass is 364 g/mol. The van der Waals surface area contributed by atoms with Gasteiger partial charge in [0.1, 0.15) is 5.73 Å². The second kappa shape index (κ2) is 6.28. The van der Waals surface area contributed by atoms with E-state index in [0.29, 0.717) is 6.10 Å². The maximum Gasteiger partial charge on any atom is 0.336 e. The lowest BCUT2D eigenvalue weighted by Crippen LogP contribution is -2.56. The molecule has 0 aromatic carbocycles. The van der Waals surface area contributed by atoms with Crippen LogP contribution in [0, 0.1) is 5.92 Å². The molecule has 3 aliphatic rings. The van der Waals surface area contributed by atoms with Crippen LogP contribution in [0.4, 0.5) is 0 Å². The summed E-state index contributed by atoms with van der Waals surface area (Å²) in [6, 6.07) is 0. The van der Waals surface area contributed by atoms with Crippen molar-refractivity contribution in [3.8, 4) is 0 Å². The Kier molecular flexibility index (Phi) is 4.94. The third-order valence-electron chi connectivity index (χ3n) is 4.47. The molecule has 0 spiro atoms. The van der Waals surface area contributed by atoms with Crippen molar-refractivity contribution in [1.82, 2.24) is 0 Å². The van der Waals surface area contributed by atoms with Crippen molar-refractivity contribution >= 4 is 36.4 Å².